The van der Waals surface area contributed by atoms with E-state index in [0.717, 1.165) is 36.7 Å². The van der Waals surface area contributed by atoms with E-state index in [2.05, 4.69) is 10.2 Å². The molecule has 0 bridgehead atoms. The predicted molar refractivity (Wildman–Crippen MR) is 80.2 cm³/mol. The third-order valence-electron chi connectivity index (χ3n) is 4.80. The molecule has 0 amide bonds. The van der Waals surface area contributed by atoms with Crippen molar-refractivity contribution in [1.29, 1.82) is 0 Å². The molecule has 2 atom stereocenters. The summed E-state index contributed by atoms with van der Waals surface area (Å²) in [7, 11) is 0. The predicted octanol–water partition coefficient (Wildman–Crippen LogP) is 3.10. The number of nitrogens with one attached hydrogen (secondary N) is 1. The lowest BCUT2D eigenvalue weighted by Crippen LogP contribution is -2.43. The lowest BCUT2D eigenvalue weighted by Gasteiger charge is -2.36. The van der Waals surface area contributed by atoms with Gasteiger partial charge in [0.25, 0.3) is 0 Å². The molecule has 2 unspecified atom stereocenters. The van der Waals surface area contributed by atoms with Crippen LogP contribution < -0.4 is 5.32 Å². The van der Waals surface area contributed by atoms with Crippen molar-refractivity contribution >= 4 is 0 Å². The fourth-order valence-electron chi connectivity index (χ4n) is 3.74. The van der Waals surface area contributed by atoms with Crippen molar-refractivity contribution in [1.82, 2.24) is 10.2 Å². The second-order valence-electron chi connectivity index (χ2n) is 6.44. The first-order valence-electron chi connectivity index (χ1n) is 7.93. The number of rotatable bonds is 3. The molecule has 0 saturated carbocycles. The Hall–Kier alpha value is -0.930. The van der Waals surface area contributed by atoms with Crippen molar-refractivity contribution in [3.8, 4) is 0 Å². The summed E-state index contributed by atoms with van der Waals surface area (Å²) in [6, 6.07) is 6.14. The largest absolute Gasteiger partial charge is 0.314 e. The van der Waals surface area contributed by atoms with E-state index in [-0.39, 0.29) is 5.82 Å². The molecular weight excluding hydrogens is 251 g/mol. The van der Waals surface area contributed by atoms with Gasteiger partial charge in [-0.05, 0) is 57.7 Å². The molecule has 1 N–H and O–H groups in total. The van der Waals surface area contributed by atoms with Gasteiger partial charge in [-0.15, -0.1) is 0 Å². The highest BCUT2D eigenvalue weighted by molar-refractivity contribution is 5.24. The van der Waals surface area contributed by atoms with Crippen LogP contribution in [0.1, 0.15) is 36.8 Å². The van der Waals surface area contributed by atoms with Crippen LogP contribution in [0.5, 0.6) is 0 Å². The van der Waals surface area contributed by atoms with E-state index >= 15 is 0 Å². The van der Waals surface area contributed by atoms with Crippen molar-refractivity contribution in [2.24, 2.45) is 5.92 Å². The van der Waals surface area contributed by atoms with Gasteiger partial charge in [0, 0.05) is 24.7 Å². The highest BCUT2D eigenvalue weighted by atomic mass is 19.1. The minimum atomic E-state index is -0.0586. The van der Waals surface area contributed by atoms with Crippen molar-refractivity contribution < 1.29 is 4.39 Å². The van der Waals surface area contributed by atoms with E-state index in [0.29, 0.717) is 6.04 Å². The summed E-state index contributed by atoms with van der Waals surface area (Å²) in [4.78, 5) is 2.44. The zero-order chi connectivity index (χ0) is 13.9. The first-order valence-corrected chi connectivity index (χ1v) is 7.93. The molecule has 0 aromatic heterocycles. The Bertz CT molecular complexity index is 454. The summed E-state index contributed by atoms with van der Waals surface area (Å²) >= 11 is 0. The van der Waals surface area contributed by atoms with E-state index in [4.69, 9.17) is 0 Å². The quantitative estimate of drug-likeness (QED) is 0.912. The van der Waals surface area contributed by atoms with Gasteiger partial charge >= 0.3 is 0 Å². The Morgan fingerprint density at radius 2 is 2.20 bits per heavy atom. The minimum Gasteiger partial charge on any atom is -0.314 e. The number of aryl methyl sites for hydroxylation is 1. The molecular formula is C17H25FN2. The molecule has 3 rings (SSSR count). The van der Waals surface area contributed by atoms with Gasteiger partial charge in [-0.1, -0.05) is 17.7 Å². The van der Waals surface area contributed by atoms with Crippen molar-refractivity contribution in [2.45, 2.75) is 45.2 Å². The minimum absolute atomic E-state index is 0.0586. The zero-order valence-electron chi connectivity index (χ0n) is 12.4. The number of hydrogen-bond donors (Lipinski definition) is 1. The number of likely N-dealkylation sites (tertiary alicyclic amines) is 1. The maximum Gasteiger partial charge on any atom is 0.127 e. The maximum atomic E-state index is 13.9. The molecule has 2 heterocycles. The molecule has 2 nitrogen and oxygen atoms in total. The lowest BCUT2D eigenvalue weighted by atomic mass is 9.89. The maximum absolute atomic E-state index is 13.9. The first kappa shape index (κ1) is 14.0. The zero-order valence-corrected chi connectivity index (χ0v) is 12.4. The van der Waals surface area contributed by atoms with Crippen molar-refractivity contribution in [3.63, 3.8) is 0 Å². The molecule has 110 valence electrons. The molecule has 0 radical (unpaired) electrons. The van der Waals surface area contributed by atoms with Crippen LogP contribution >= 0.6 is 0 Å². The second-order valence-corrected chi connectivity index (χ2v) is 6.44. The molecule has 2 fully saturated rings. The van der Waals surface area contributed by atoms with Gasteiger partial charge in [-0.2, -0.15) is 0 Å². The Balaban J connectivity index is 1.63. The molecule has 2 saturated heterocycles. The SMILES string of the molecule is Cc1ccc(F)c(CN2CCCC(C3CCCN3)C2)c1. The van der Waals surface area contributed by atoms with Gasteiger partial charge in [0.2, 0.25) is 0 Å². The molecule has 2 aliphatic heterocycles. The van der Waals surface area contributed by atoms with Crippen LogP contribution in [0, 0.1) is 18.7 Å². The molecule has 20 heavy (non-hydrogen) atoms. The average Bonchev–Trinajstić information content (AvgIpc) is 2.97. The summed E-state index contributed by atoms with van der Waals surface area (Å²) in [5.41, 5.74) is 2.00. The number of benzene rings is 1. The van der Waals surface area contributed by atoms with E-state index in [1.54, 1.807) is 6.07 Å². The number of nitrogens with zero attached hydrogens (tertiary/aromatic N) is 1. The first-order chi connectivity index (χ1) is 9.72. The van der Waals surface area contributed by atoms with Gasteiger partial charge in [0.1, 0.15) is 5.82 Å². The Morgan fingerprint density at radius 1 is 1.30 bits per heavy atom. The molecule has 0 aliphatic carbocycles. The van der Waals surface area contributed by atoms with Crippen LogP contribution in [-0.4, -0.2) is 30.6 Å². The van der Waals surface area contributed by atoms with E-state index in [9.17, 15) is 4.39 Å². The lowest BCUT2D eigenvalue weighted by molar-refractivity contribution is 0.144. The van der Waals surface area contributed by atoms with E-state index in [1.807, 2.05) is 19.1 Å². The topological polar surface area (TPSA) is 15.3 Å². The highest BCUT2D eigenvalue weighted by Crippen LogP contribution is 2.26. The number of piperidine rings is 1. The summed E-state index contributed by atoms with van der Waals surface area (Å²) in [5, 5.41) is 3.63. The smallest absolute Gasteiger partial charge is 0.127 e. The van der Waals surface area contributed by atoms with Gasteiger partial charge in [-0.25, -0.2) is 4.39 Å². The van der Waals surface area contributed by atoms with Gasteiger partial charge in [-0.3, -0.25) is 4.90 Å². The van der Waals surface area contributed by atoms with Crippen LogP contribution in [-0.2, 0) is 6.54 Å². The molecule has 0 spiro atoms. The number of halogens is 1. The molecule has 3 heteroatoms. The van der Waals surface area contributed by atoms with E-state index in [1.165, 1.54) is 32.2 Å². The standard InChI is InChI=1S/C17H25FN2/c1-13-6-7-16(18)15(10-13)12-20-9-3-4-14(11-20)17-5-2-8-19-17/h6-7,10,14,17,19H,2-5,8-9,11-12H2,1H3. The molecule has 1 aromatic carbocycles. The second kappa shape index (κ2) is 6.23. The fourth-order valence-corrected chi connectivity index (χ4v) is 3.74. The van der Waals surface area contributed by atoms with Gasteiger partial charge in [0.05, 0.1) is 0 Å². The Morgan fingerprint density at radius 3 is 3.00 bits per heavy atom. The van der Waals surface area contributed by atoms with Crippen molar-refractivity contribution in [3.05, 3.63) is 35.1 Å². The number of hydrogen-bond acceptors (Lipinski definition) is 2. The normalized spacial score (nSPS) is 27.9. The Labute approximate surface area is 121 Å². The van der Waals surface area contributed by atoms with Gasteiger partial charge < -0.3 is 5.32 Å². The Kier molecular flexibility index (Phi) is 4.37. The summed E-state index contributed by atoms with van der Waals surface area (Å²) < 4.78 is 13.9. The van der Waals surface area contributed by atoms with Crippen molar-refractivity contribution in [2.75, 3.05) is 19.6 Å². The van der Waals surface area contributed by atoms with Crippen LogP contribution in [0.3, 0.4) is 0 Å². The van der Waals surface area contributed by atoms with Crippen LogP contribution in [0.15, 0.2) is 18.2 Å². The van der Waals surface area contributed by atoms with Crippen LogP contribution in [0.4, 0.5) is 4.39 Å². The fraction of sp³-hybridized carbons (Fsp3) is 0.647. The van der Waals surface area contributed by atoms with Crippen LogP contribution in [0.2, 0.25) is 0 Å². The average molecular weight is 276 g/mol. The third-order valence-corrected chi connectivity index (χ3v) is 4.80. The van der Waals surface area contributed by atoms with Crippen LogP contribution in [0.25, 0.3) is 0 Å². The summed E-state index contributed by atoms with van der Waals surface area (Å²) in [5.74, 6) is 0.691. The third kappa shape index (κ3) is 3.21. The molecule has 2 aliphatic rings. The highest BCUT2D eigenvalue weighted by Gasteiger charge is 2.29. The van der Waals surface area contributed by atoms with E-state index < -0.39 is 0 Å². The van der Waals surface area contributed by atoms with Gasteiger partial charge in [0.15, 0.2) is 0 Å². The monoisotopic (exact) mass is 276 g/mol. The summed E-state index contributed by atoms with van der Waals surface area (Å²) in [6.45, 7) is 6.19. The summed E-state index contributed by atoms with van der Waals surface area (Å²) in [6.07, 6.45) is 5.20. The molecule has 1 aromatic rings.